The molecule has 17 heteroatoms. The van der Waals surface area contributed by atoms with Crippen molar-refractivity contribution in [2.24, 2.45) is 0 Å². The van der Waals surface area contributed by atoms with Crippen molar-refractivity contribution in [1.29, 1.82) is 0 Å². The molecule has 0 saturated carbocycles. The highest BCUT2D eigenvalue weighted by molar-refractivity contribution is 9.11. The first-order valence-electron chi connectivity index (χ1n) is 12.5. The number of carbonyl (C=O) groups excluding carboxylic acids is 2. The molecule has 1 heterocycles. The summed E-state index contributed by atoms with van der Waals surface area (Å²) in [7, 11) is 1.32. The molecule has 2 aromatic carbocycles. The van der Waals surface area contributed by atoms with Gasteiger partial charge < -0.3 is 20.6 Å². The Labute approximate surface area is 269 Å². The average Bonchev–Trinajstić information content (AvgIpc) is 3.40. The molecule has 10 nitrogen and oxygen atoms in total. The van der Waals surface area contributed by atoms with E-state index in [0.717, 1.165) is 22.6 Å². The molecule has 0 bridgehead atoms. The summed E-state index contributed by atoms with van der Waals surface area (Å²) < 4.78 is 61.1. The number of aliphatic carboxylic acids is 1. The molecule has 0 aliphatic carbocycles. The standard InChI is InChI=1S/C25H28BrClN4O4S2.C2HF3O2/c1-28-24(32)20(14-16-8-10-18(11-9-16)31(2)3)29-25(33)21(15-17-6-4-5-7-19(17)27)30-37(34,35)23-13-12-22(26)36-23;3-2(4,5)1(6)7/h4-13,20-21,30H,14-15H2,1-3H3,(H,28,32)(H,29,33);(H,6,7)/t20-,21+;/m1./s1. The molecule has 0 aliphatic rings. The van der Waals surface area contributed by atoms with Gasteiger partial charge in [0, 0.05) is 38.3 Å². The van der Waals surface area contributed by atoms with Gasteiger partial charge in [-0.2, -0.15) is 17.9 Å². The van der Waals surface area contributed by atoms with Gasteiger partial charge in [0.05, 0.1) is 3.79 Å². The molecule has 240 valence electrons. The van der Waals surface area contributed by atoms with E-state index in [1.165, 1.54) is 13.1 Å². The largest absolute Gasteiger partial charge is 0.490 e. The molecule has 2 amide bonds. The second-order valence-corrected chi connectivity index (χ2v) is 14.1. The summed E-state index contributed by atoms with van der Waals surface area (Å²) in [5.74, 6) is -3.79. The van der Waals surface area contributed by atoms with Crippen LogP contribution in [0.25, 0.3) is 0 Å². The van der Waals surface area contributed by atoms with E-state index < -0.39 is 46.1 Å². The third-order valence-electron chi connectivity index (χ3n) is 5.82. The number of hydrogen-bond donors (Lipinski definition) is 4. The van der Waals surface area contributed by atoms with Crippen LogP contribution in [0.2, 0.25) is 5.02 Å². The Bertz CT molecular complexity index is 1550. The van der Waals surface area contributed by atoms with Crippen molar-refractivity contribution >= 4 is 72.4 Å². The minimum absolute atomic E-state index is 0.00469. The van der Waals surface area contributed by atoms with Crippen molar-refractivity contribution in [2.45, 2.75) is 35.3 Å². The highest BCUT2D eigenvalue weighted by atomic mass is 79.9. The number of hydrogen-bond acceptors (Lipinski definition) is 7. The molecule has 3 rings (SSSR count). The van der Waals surface area contributed by atoms with Crippen LogP contribution in [0.3, 0.4) is 0 Å². The van der Waals surface area contributed by atoms with Crippen molar-refractivity contribution in [1.82, 2.24) is 15.4 Å². The van der Waals surface area contributed by atoms with E-state index in [1.54, 1.807) is 30.3 Å². The Morgan fingerprint density at radius 2 is 1.57 bits per heavy atom. The number of nitrogens with zero attached hydrogens (tertiary/aromatic N) is 1. The topological polar surface area (TPSA) is 145 Å². The van der Waals surface area contributed by atoms with E-state index in [-0.39, 0.29) is 17.1 Å². The van der Waals surface area contributed by atoms with Gasteiger partial charge in [0.15, 0.2) is 0 Å². The monoisotopic (exact) mass is 740 g/mol. The second kappa shape index (κ2) is 16.2. The summed E-state index contributed by atoms with van der Waals surface area (Å²) in [6.07, 6.45) is -4.86. The predicted molar refractivity (Wildman–Crippen MR) is 165 cm³/mol. The maximum atomic E-state index is 13.5. The zero-order valence-electron chi connectivity index (χ0n) is 23.5. The minimum atomic E-state index is -5.08. The van der Waals surface area contributed by atoms with Crippen LogP contribution >= 0.6 is 38.9 Å². The Morgan fingerprint density at radius 1 is 0.977 bits per heavy atom. The molecule has 1 aromatic heterocycles. The lowest BCUT2D eigenvalue weighted by Gasteiger charge is -2.23. The zero-order chi connectivity index (χ0) is 33.2. The number of amides is 2. The Morgan fingerprint density at radius 3 is 2.05 bits per heavy atom. The van der Waals surface area contributed by atoms with Crippen molar-refractivity contribution in [3.8, 4) is 0 Å². The maximum Gasteiger partial charge on any atom is 0.490 e. The number of alkyl halides is 3. The summed E-state index contributed by atoms with van der Waals surface area (Å²) >= 11 is 10.6. The van der Waals surface area contributed by atoms with E-state index in [1.807, 2.05) is 43.3 Å². The van der Waals surface area contributed by atoms with Crippen molar-refractivity contribution < 1.29 is 41.1 Å². The number of carboxylic acids is 1. The van der Waals surface area contributed by atoms with Gasteiger partial charge in [-0.3, -0.25) is 9.59 Å². The van der Waals surface area contributed by atoms with Gasteiger partial charge in [0.1, 0.15) is 16.3 Å². The predicted octanol–water partition coefficient (Wildman–Crippen LogP) is 4.23. The summed E-state index contributed by atoms with van der Waals surface area (Å²) in [5, 5.41) is 12.8. The fourth-order valence-corrected chi connectivity index (χ4v) is 7.02. The van der Waals surface area contributed by atoms with E-state index >= 15 is 0 Å². The lowest BCUT2D eigenvalue weighted by molar-refractivity contribution is -0.192. The fourth-order valence-electron chi connectivity index (χ4n) is 3.58. The number of benzene rings is 2. The first-order valence-corrected chi connectivity index (χ1v) is 16.0. The zero-order valence-corrected chi connectivity index (χ0v) is 27.5. The minimum Gasteiger partial charge on any atom is -0.475 e. The van der Waals surface area contributed by atoms with Crippen LogP contribution in [0, 0.1) is 0 Å². The first-order chi connectivity index (χ1) is 20.4. The van der Waals surface area contributed by atoms with E-state index in [9.17, 15) is 31.2 Å². The van der Waals surface area contributed by atoms with Gasteiger partial charge in [-0.05, 0) is 63.8 Å². The molecule has 4 N–H and O–H groups in total. The summed E-state index contributed by atoms with van der Waals surface area (Å²) in [4.78, 5) is 37.0. The lowest BCUT2D eigenvalue weighted by Crippen LogP contribution is -2.54. The molecule has 3 aromatic rings. The van der Waals surface area contributed by atoms with Crippen LogP contribution in [0.1, 0.15) is 11.1 Å². The Hall–Kier alpha value is -3.18. The number of carbonyl (C=O) groups is 3. The number of carboxylic acid groups (broad SMARTS) is 1. The highest BCUT2D eigenvalue weighted by Crippen LogP contribution is 2.26. The van der Waals surface area contributed by atoms with E-state index in [4.69, 9.17) is 21.5 Å². The molecule has 0 spiro atoms. The quantitative estimate of drug-likeness (QED) is 0.230. The van der Waals surface area contributed by atoms with Gasteiger partial charge >= 0.3 is 12.1 Å². The molecule has 0 unspecified atom stereocenters. The third-order valence-corrected chi connectivity index (χ3v) is 9.78. The molecule has 0 fully saturated rings. The molecular weight excluding hydrogens is 713 g/mol. The second-order valence-electron chi connectivity index (χ2n) is 9.27. The molecular formula is C27H29BrClF3N4O6S2. The number of nitrogens with one attached hydrogen (secondary N) is 3. The fraction of sp³-hybridized carbons (Fsp3) is 0.296. The smallest absolute Gasteiger partial charge is 0.475 e. The number of sulfonamides is 1. The highest BCUT2D eigenvalue weighted by Gasteiger charge is 2.38. The van der Waals surface area contributed by atoms with Crippen LogP contribution in [-0.2, 0) is 37.2 Å². The molecule has 0 radical (unpaired) electrons. The SMILES string of the molecule is CNC(=O)[C@@H](Cc1ccc(N(C)C)cc1)NC(=O)[C@H](Cc1ccccc1Cl)NS(=O)(=O)c1ccc(Br)s1.O=C(O)C(F)(F)F. The van der Waals surface area contributed by atoms with Gasteiger partial charge in [-0.25, -0.2) is 13.2 Å². The van der Waals surface area contributed by atoms with Crippen molar-refractivity contribution in [3.05, 3.63) is 80.6 Å². The van der Waals surface area contributed by atoms with E-state index in [0.29, 0.717) is 14.4 Å². The van der Waals surface area contributed by atoms with Crippen LogP contribution in [0.4, 0.5) is 18.9 Å². The van der Waals surface area contributed by atoms with Crippen molar-refractivity contribution in [2.75, 3.05) is 26.0 Å². The summed E-state index contributed by atoms with van der Waals surface area (Å²) in [6.45, 7) is 0. The molecule has 0 aliphatic heterocycles. The van der Waals surface area contributed by atoms with Gasteiger partial charge in [-0.15, -0.1) is 11.3 Å². The molecule has 0 saturated heterocycles. The Balaban J connectivity index is 0.000000860. The number of rotatable bonds is 11. The Kier molecular flexibility index (Phi) is 13.6. The number of halogens is 5. The maximum absolute atomic E-state index is 13.5. The van der Waals surface area contributed by atoms with Gasteiger partial charge in [0.2, 0.25) is 11.8 Å². The molecule has 2 atom stereocenters. The summed E-state index contributed by atoms with van der Waals surface area (Å²) in [6, 6.07) is 15.4. The normalized spacial score (nSPS) is 12.7. The van der Waals surface area contributed by atoms with Crippen LogP contribution < -0.4 is 20.3 Å². The van der Waals surface area contributed by atoms with E-state index in [2.05, 4.69) is 31.3 Å². The van der Waals surface area contributed by atoms with Gasteiger partial charge in [0.25, 0.3) is 10.0 Å². The first kappa shape index (κ1) is 37.0. The third kappa shape index (κ3) is 11.4. The van der Waals surface area contributed by atoms with Crippen LogP contribution in [-0.4, -0.2) is 70.7 Å². The van der Waals surface area contributed by atoms with Crippen LogP contribution in [0.15, 0.2) is 68.7 Å². The number of anilines is 1. The number of likely N-dealkylation sites (N-methyl/N-ethyl adjacent to an activating group) is 1. The van der Waals surface area contributed by atoms with Crippen LogP contribution in [0.5, 0.6) is 0 Å². The summed E-state index contributed by atoms with van der Waals surface area (Å²) in [5.41, 5.74) is 2.43. The lowest BCUT2D eigenvalue weighted by atomic mass is 10.0. The average molecular weight is 742 g/mol. The number of thiophene rings is 1. The van der Waals surface area contributed by atoms with Crippen molar-refractivity contribution in [3.63, 3.8) is 0 Å². The molecule has 44 heavy (non-hydrogen) atoms. The van der Waals surface area contributed by atoms with Gasteiger partial charge in [-0.1, -0.05) is 41.9 Å².